The number of hydrogen-bond acceptors (Lipinski definition) is 5. The molecule has 1 aromatic heterocycles. The van der Waals surface area contributed by atoms with E-state index < -0.39 is 0 Å². The van der Waals surface area contributed by atoms with E-state index >= 15 is 0 Å². The number of ether oxygens (including phenoxy) is 1. The molecule has 1 saturated heterocycles. The summed E-state index contributed by atoms with van der Waals surface area (Å²) in [6.07, 6.45) is 3.41. The van der Waals surface area contributed by atoms with Gasteiger partial charge in [-0.2, -0.15) is 4.37 Å². The molecule has 0 unspecified atom stereocenters. The van der Waals surface area contributed by atoms with Crippen LogP contribution in [0.3, 0.4) is 0 Å². The standard InChI is InChI=1S/C12H21N3OS/c1-4-9-8-16-10(5-2)7-15(9)12-13-11(6-3)14-17-12/h9-10H,4-8H2,1-3H3/t9-,10+/m1/s1. The van der Waals surface area contributed by atoms with Crippen molar-refractivity contribution in [2.24, 2.45) is 0 Å². The summed E-state index contributed by atoms with van der Waals surface area (Å²) in [6.45, 7) is 8.24. The van der Waals surface area contributed by atoms with Gasteiger partial charge < -0.3 is 9.64 Å². The highest BCUT2D eigenvalue weighted by molar-refractivity contribution is 7.09. The molecule has 0 radical (unpaired) electrons. The molecule has 1 fully saturated rings. The molecular weight excluding hydrogens is 234 g/mol. The first kappa shape index (κ1) is 12.8. The topological polar surface area (TPSA) is 38.2 Å². The Hall–Kier alpha value is -0.680. The lowest BCUT2D eigenvalue weighted by Gasteiger charge is -2.38. The fourth-order valence-corrected chi connectivity index (χ4v) is 2.91. The molecular formula is C12H21N3OS. The van der Waals surface area contributed by atoms with Crippen molar-refractivity contribution in [1.29, 1.82) is 0 Å². The number of aryl methyl sites for hydroxylation is 1. The molecule has 0 bridgehead atoms. The third-order valence-corrected chi connectivity index (χ3v) is 4.10. The maximum Gasteiger partial charge on any atom is 0.205 e. The molecule has 2 atom stereocenters. The maximum absolute atomic E-state index is 5.83. The van der Waals surface area contributed by atoms with Gasteiger partial charge in [-0.25, -0.2) is 4.98 Å². The molecule has 1 aliphatic heterocycles. The van der Waals surface area contributed by atoms with Crippen LogP contribution in [-0.4, -0.2) is 34.7 Å². The summed E-state index contributed by atoms with van der Waals surface area (Å²) in [5.74, 6) is 0.958. The number of rotatable bonds is 4. The fourth-order valence-electron chi connectivity index (χ4n) is 2.08. The number of morpholine rings is 1. The van der Waals surface area contributed by atoms with Crippen molar-refractivity contribution in [3.8, 4) is 0 Å². The molecule has 5 heteroatoms. The summed E-state index contributed by atoms with van der Waals surface area (Å²) in [6, 6.07) is 0.454. The first-order chi connectivity index (χ1) is 8.28. The van der Waals surface area contributed by atoms with E-state index in [1.54, 1.807) is 0 Å². The second-order valence-corrected chi connectivity index (χ2v) is 5.16. The summed E-state index contributed by atoms with van der Waals surface area (Å²) >= 11 is 1.52. The molecule has 0 saturated carbocycles. The second kappa shape index (κ2) is 5.78. The molecule has 1 aromatic rings. The monoisotopic (exact) mass is 255 g/mol. The normalized spacial score (nSPS) is 25.2. The van der Waals surface area contributed by atoms with E-state index in [1.807, 2.05) is 0 Å². The molecule has 0 aliphatic carbocycles. The zero-order valence-electron chi connectivity index (χ0n) is 10.8. The molecule has 2 rings (SSSR count). The van der Waals surface area contributed by atoms with Crippen molar-refractivity contribution >= 4 is 16.7 Å². The van der Waals surface area contributed by atoms with E-state index in [0.717, 1.165) is 43.4 Å². The van der Waals surface area contributed by atoms with Crippen molar-refractivity contribution in [3.05, 3.63) is 5.82 Å². The van der Waals surface area contributed by atoms with E-state index in [1.165, 1.54) is 11.5 Å². The van der Waals surface area contributed by atoms with E-state index in [-0.39, 0.29) is 0 Å². The van der Waals surface area contributed by atoms with Gasteiger partial charge in [0.05, 0.1) is 18.8 Å². The van der Waals surface area contributed by atoms with Crippen LogP contribution in [0.5, 0.6) is 0 Å². The Kier molecular flexibility index (Phi) is 4.34. The van der Waals surface area contributed by atoms with Gasteiger partial charge >= 0.3 is 0 Å². The molecule has 96 valence electrons. The third-order valence-electron chi connectivity index (χ3n) is 3.31. The summed E-state index contributed by atoms with van der Waals surface area (Å²) in [5, 5.41) is 1.07. The number of nitrogens with zero attached hydrogens (tertiary/aromatic N) is 3. The van der Waals surface area contributed by atoms with Crippen molar-refractivity contribution in [2.45, 2.75) is 52.2 Å². The third kappa shape index (κ3) is 2.77. The Morgan fingerprint density at radius 2 is 2.18 bits per heavy atom. The predicted molar refractivity (Wildman–Crippen MR) is 70.7 cm³/mol. The van der Waals surface area contributed by atoms with Crippen molar-refractivity contribution < 1.29 is 4.74 Å². The Bertz CT molecular complexity index is 355. The first-order valence-corrected chi connectivity index (χ1v) is 7.26. The van der Waals surface area contributed by atoms with Gasteiger partial charge in [-0.15, -0.1) is 0 Å². The highest BCUT2D eigenvalue weighted by Crippen LogP contribution is 2.26. The van der Waals surface area contributed by atoms with E-state index in [0.29, 0.717) is 12.1 Å². The van der Waals surface area contributed by atoms with Gasteiger partial charge in [0.1, 0.15) is 5.82 Å². The van der Waals surface area contributed by atoms with Crippen molar-refractivity contribution in [3.63, 3.8) is 0 Å². The molecule has 1 aliphatic rings. The van der Waals surface area contributed by atoms with Gasteiger partial charge in [-0.1, -0.05) is 20.8 Å². The van der Waals surface area contributed by atoms with E-state index in [4.69, 9.17) is 4.74 Å². The average Bonchev–Trinajstić information content (AvgIpc) is 2.86. The minimum absolute atomic E-state index is 0.340. The predicted octanol–water partition coefficient (Wildman–Crippen LogP) is 2.49. The lowest BCUT2D eigenvalue weighted by Crippen LogP contribution is -2.49. The highest BCUT2D eigenvalue weighted by atomic mass is 32.1. The van der Waals surface area contributed by atoms with Gasteiger partial charge in [-0.3, -0.25) is 0 Å². The van der Waals surface area contributed by atoms with Gasteiger partial charge in [0.2, 0.25) is 5.13 Å². The van der Waals surface area contributed by atoms with Crippen molar-refractivity contribution in [2.75, 3.05) is 18.1 Å². The van der Waals surface area contributed by atoms with Crippen LogP contribution in [0.1, 0.15) is 39.4 Å². The van der Waals surface area contributed by atoms with Gasteiger partial charge in [0, 0.05) is 24.5 Å². The van der Waals surface area contributed by atoms with E-state index in [9.17, 15) is 0 Å². The van der Waals surface area contributed by atoms with Crippen LogP contribution in [0.2, 0.25) is 0 Å². The lowest BCUT2D eigenvalue weighted by molar-refractivity contribution is 0.0166. The smallest absolute Gasteiger partial charge is 0.205 e. The molecule has 0 spiro atoms. The fraction of sp³-hybridized carbons (Fsp3) is 0.833. The number of anilines is 1. The molecule has 17 heavy (non-hydrogen) atoms. The highest BCUT2D eigenvalue weighted by Gasteiger charge is 2.29. The van der Waals surface area contributed by atoms with Gasteiger partial charge in [0.25, 0.3) is 0 Å². The zero-order chi connectivity index (χ0) is 12.3. The van der Waals surface area contributed by atoms with E-state index in [2.05, 4.69) is 35.0 Å². The van der Waals surface area contributed by atoms with Crippen LogP contribution in [-0.2, 0) is 11.2 Å². The molecule has 0 amide bonds. The quantitative estimate of drug-likeness (QED) is 0.828. The maximum atomic E-state index is 5.83. The van der Waals surface area contributed by atoms with Gasteiger partial charge in [-0.05, 0) is 12.8 Å². The Labute approximate surface area is 107 Å². The molecule has 4 nitrogen and oxygen atoms in total. The summed E-state index contributed by atoms with van der Waals surface area (Å²) < 4.78 is 10.2. The minimum atomic E-state index is 0.340. The number of hydrogen-bond donors (Lipinski definition) is 0. The SMILES string of the molecule is CCc1nsc(N2C[C@H](CC)OC[C@H]2CC)n1. The Morgan fingerprint density at radius 1 is 1.35 bits per heavy atom. The van der Waals surface area contributed by atoms with Crippen LogP contribution in [0, 0.1) is 0 Å². The Balaban J connectivity index is 2.13. The lowest BCUT2D eigenvalue weighted by atomic mass is 10.1. The van der Waals surface area contributed by atoms with Gasteiger partial charge in [0.15, 0.2) is 0 Å². The average molecular weight is 255 g/mol. The minimum Gasteiger partial charge on any atom is -0.374 e. The van der Waals surface area contributed by atoms with Crippen LogP contribution >= 0.6 is 11.5 Å². The molecule has 0 aromatic carbocycles. The van der Waals surface area contributed by atoms with Crippen molar-refractivity contribution in [1.82, 2.24) is 9.36 Å². The summed E-state index contributed by atoms with van der Waals surface area (Å²) in [5.41, 5.74) is 0. The van der Waals surface area contributed by atoms with Crippen LogP contribution in [0.25, 0.3) is 0 Å². The Morgan fingerprint density at radius 3 is 2.76 bits per heavy atom. The first-order valence-electron chi connectivity index (χ1n) is 6.49. The zero-order valence-corrected chi connectivity index (χ0v) is 11.7. The van der Waals surface area contributed by atoms with Crippen LogP contribution < -0.4 is 4.90 Å². The second-order valence-electron chi connectivity index (χ2n) is 4.42. The summed E-state index contributed by atoms with van der Waals surface area (Å²) in [4.78, 5) is 6.98. The van der Waals surface area contributed by atoms with Crippen LogP contribution in [0.15, 0.2) is 0 Å². The largest absolute Gasteiger partial charge is 0.374 e. The molecule has 0 N–H and O–H groups in total. The summed E-state index contributed by atoms with van der Waals surface area (Å²) in [7, 11) is 0. The number of aromatic nitrogens is 2. The van der Waals surface area contributed by atoms with Crippen LogP contribution in [0.4, 0.5) is 5.13 Å². The molecule has 2 heterocycles.